The number of rotatable bonds is 8. The third-order valence-electron chi connectivity index (χ3n) is 6.97. The van der Waals surface area contributed by atoms with Crippen LogP contribution in [0.25, 0.3) is 0 Å². The molecular weight excluding hydrogens is 442 g/mol. The molecule has 0 aromatic heterocycles. The molecule has 0 aliphatic carbocycles. The molecule has 1 saturated heterocycles. The molecule has 2 aliphatic heterocycles. The first-order valence-electron chi connectivity index (χ1n) is 12.3. The minimum Gasteiger partial charge on any atom is -0.394 e. The number of piperazine rings is 1. The van der Waals surface area contributed by atoms with E-state index in [1.807, 2.05) is 54.6 Å². The molecule has 3 atom stereocenters. The molecule has 0 unspecified atom stereocenters. The Hall–Kier alpha value is -3.00. The number of amides is 2. The van der Waals surface area contributed by atoms with Crippen molar-refractivity contribution in [1.29, 1.82) is 0 Å². The van der Waals surface area contributed by atoms with Crippen molar-refractivity contribution in [2.24, 2.45) is 5.92 Å². The van der Waals surface area contributed by atoms with Gasteiger partial charge in [-0.25, -0.2) is 0 Å². The molecule has 35 heavy (non-hydrogen) atoms. The zero-order valence-electron chi connectivity index (χ0n) is 20.5. The van der Waals surface area contributed by atoms with E-state index in [0.717, 1.165) is 23.4 Å². The SMILES string of the molecule is CO[C@@H](c1ccc(N2CCNCC2=O)cc1)[C@@H](C)/C=C/CC(=O)N1Cc2ccccc2C[C@H]1CO. The third kappa shape index (κ3) is 5.81. The molecule has 0 radical (unpaired) electrons. The standard InChI is InChI=1S/C28H35N3O4/c1-20(28(35-2)21-10-12-24(13-11-21)30-15-14-29-17-27(30)34)6-5-9-26(33)31-18-23-8-4-3-7-22(23)16-25(31)19-32/h3-8,10-13,20,25,28-29,32H,9,14-19H2,1-2H3/b6-5+/t20-,25-,28+/m0/s1. The van der Waals surface area contributed by atoms with Gasteiger partial charge in [0, 0.05) is 44.8 Å². The lowest BCUT2D eigenvalue weighted by Gasteiger charge is -2.36. The van der Waals surface area contributed by atoms with Crippen molar-refractivity contribution in [3.8, 4) is 0 Å². The topological polar surface area (TPSA) is 82.1 Å². The van der Waals surface area contributed by atoms with Gasteiger partial charge in [-0.2, -0.15) is 0 Å². The van der Waals surface area contributed by atoms with Gasteiger partial charge in [0.15, 0.2) is 0 Å². The fraction of sp³-hybridized carbons (Fsp3) is 0.429. The number of aliphatic hydroxyl groups is 1. The minimum absolute atomic E-state index is 0.0148. The smallest absolute Gasteiger partial charge is 0.240 e. The number of ether oxygens (including phenoxy) is 1. The highest BCUT2D eigenvalue weighted by molar-refractivity contribution is 5.95. The molecule has 2 aromatic rings. The van der Waals surface area contributed by atoms with Gasteiger partial charge in [-0.3, -0.25) is 9.59 Å². The molecule has 7 nitrogen and oxygen atoms in total. The number of benzene rings is 2. The molecule has 7 heteroatoms. The Bertz CT molecular complexity index is 1050. The fourth-order valence-electron chi connectivity index (χ4n) is 5.02. The molecule has 4 rings (SSSR count). The average Bonchev–Trinajstić information content (AvgIpc) is 2.89. The number of hydrogen-bond acceptors (Lipinski definition) is 5. The van der Waals surface area contributed by atoms with Crippen molar-refractivity contribution in [3.05, 3.63) is 77.4 Å². The first-order valence-corrected chi connectivity index (χ1v) is 12.3. The predicted molar refractivity (Wildman–Crippen MR) is 136 cm³/mol. The number of fused-ring (bicyclic) bond motifs is 1. The number of carbonyl (C=O) groups excluding carboxylic acids is 2. The first-order chi connectivity index (χ1) is 17.0. The molecule has 2 aromatic carbocycles. The van der Waals surface area contributed by atoms with Gasteiger partial charge in [0.1, 0.15) is 0 Å². The summed E-state index contributed by atoms with van der Waals surface area (Å²) in [5.74, 6) is 0.144. The molecule has 2 amide bonds. The van der Waals surface area contributed by atoms with Gasteiger partial charge >= 0.3 is 0 Å². The van der Waals surface area contributed by atoms with Gasteiger partial charge in [0.25, 0.3) is 0 Å². The van der Waals surface area contributed by atoms with E-state index in [1.165, 1.54) is 5.56 Å². The van der Waals surface area contributed by atoms with Crippen LogP contribution in [0.4, 0.5) is 5.69 Å². The summed E-state index contributed by atoms with van der Waals surface area (Å²) in [6, 6.07) is 15.9. The summed E-state index contributed by atoms with van der Waals surface area (Å²) in [6.45, 7) is 4.38. The summed E-state index contributed by atoms with van der Waals surface area (Å²) in [6.07, 6.45) is 4.72. The molecule has 0 saturated carbocycles. The lowest BCUT2D eigenvalue weighted by Crippen LogP contribution is -2.48. The Morgan fingerprint density at radius 1 is 1.20 bits per heavy atom. The van der Waals surface area contributed by atoms with E-state index >= 15 is 0 Å². The van der Waals surface area contributed by atoms with Gasteiger partial charge in [0.2, 0.25) is 11.8 Å². The number of methoxy groups -OCH3 is 1. The van der Waals surface area contributed by atoms with Crippen LogP contribution in [0, 0.1) is 5.92 Å². The van der Waals surface area contributed by atoms with Crippen LogP contribution >= 0.6 is 0 Å². The summed E-state index contributed by atoms with van der Waals surface area (Å²) in [5, 5.41) is 12.9. The quantitative estimate of drug-likeness (QED) is 0.572. The highest BCUT2D eigenvalue weighted by Crippen LogP contribution is 2.29. The van der Waals surface area contributed by atoms with Crippen molar-refractivity contribution in [2.45, 2.75) is 38.5 Å². The molecule has 2 aliphatic rings. The predicted octanol–water partition coefficient (Wildman–Crippen LogP) is 2.84. The second kappa shape index (κ2) is 11.6. The van der Waals surface area contributed by atoms with E-state index in [4.69, 9.17) is 4.74 Å². The summed E-state index contributed by atoms with van der Waals surface area (Å²) < 4.78 is 5.78. The van der Waals surface area contributed by atoms with Crippen LogP contribution in [0.5, 0.6) is 0 Å². The Morgan fingerprint density at radius 2 is 1.94 bits per heavy atom. The molecule has 2 heterocycles. The van der Waals surface area contributed by atoms with Crippen LogP contribution in [-0.4, -0.2) is 61.2 Å². The molecule has 0 spiro atoms. The molecular formula is C28H35N3O4. The maximum atomic E-state index is 13.0. The number of hydrogen-bond donors (Lipinski definition) is 2. The van der Waals surface area contributed by atoms with E-state index in [0.29, 0.717) is 26.1 Å². The van der Waals surface area contributed by atoms with Crippen LogP contribution < -0.4 is 10.2 Å². The van der Waals surface area contributed by atoms with Crippen LogP contribution in [-0.2, 0) is 27.3 Å². The summed E-state index contributed by atoms with van der Waals surface area (Å²) >= 11 is 0. The third-order valence-corrected chi connectivity index (χ3v) is 6.97. The number of anilines is 1. The maximum absolute atomic E-state index is 13.0. The van der Waals surface area contributed by atoms with Crippen molar-refractivity contribution in [2.75, 3.05) is 38.3 Å². The van der Waals surface area contributed by atoms with Gasteiger partial charge in [-0.15, -0.1) is 0 Å². The molecule has 186 valence electrons. The lowest BCUT2D eigenvalue weighted by molar-refractivity contribution is -0.134. The lowest BCUT2D eigenvalue weighted by atomic mass is 9.93. The molecule has 1 fully saturated rings. The van der Waals surface area contributed by atoms with Crippen molar-refractivity contribution in [1.82, 2.24) is 10.2 Å². The second-order valence-corrected chi connectivity index (χ2v) is 9.29. The summed E-state index contributed by atoms with van der Waals surface area (Å²) in [5.41, 5.74) is 4.27. The van der Waals surface area contributed by atoms with Crippen LogP contribution in [0.15, 0.2) is 60.7 Å². The van der Waals surface area contributed by atoms with Gasteiger partial charge in [-0.05, 0) is 35.2 Å². The van der Waals surface area contributed by atoms with E-state index in [1.54, 1.807) is 16.9 Å². The van der Waals surface area contributed by atoms with Gasteiger partial charge in [-0.1, -0.05) is 55.5 Å². The van der Waals surface area contributed by atoms with Crippen LogP contribution in [0.1, 0.15) is 36.1 Å². The second-order valence-electron chi connectivity index (χ2n) is 9.29. The van der Waals surface area contributed by atoms with Crippen molar-refractivity contribution >= 4 is 17.5 Å². The van der Waals surface area contributed by atoms with Crippen LogP contribution in [0.2, 0.25) is 0 Å². The highest BCUT2D eigenvalue weighted by atomic mass is 16.5. The zero-order valence-corrected chi connectivity index (χ0v) is 20.5. The fourth-order valence-corrected chi connectivity index (χ4v) is 5.02. The first kappa shape index (κ1) is 25.1. The monoisotopic (exact) mass is 477 g/mol. The van der Waals surface area contributed by atoms with Gasteiger partial charge in [0.05, 0.1) is 25.3 Å². The average molecular weight is 478 g/mol. The Morgan fingerprint density at radius 3 is 2.63 bits per heavy atom. The normalized spacial score (nSPS) is 20.1. The largest absolute Gasteiger partial charge is 0.394 e. The highest BCUT2D eigenvalue weighted by Gasteiger charge is 2.28. The Labute approximate surface area is 207 Å². The number of carbonyl (C=O) groups is 2. The van der Waals surface area contributed by atoms with Crippen molar-refractivity contribution in [3.63, 3.8) is 0 Å². The van der Waals surface area contributed by atoms with Crippen molar-refractivity contribution < 1.29 is 19.4 Å². The van der Waals surface area contributed by atoms with E-state index in [-0.39, 0.29) is 42.9 Å². The number of nitrogens with one attached hydrogen (secondary N) is 1. The van der Waals surface area contributed by atoms with E-state index < -0.39 is 0 Å². The number of nitrogens with zero attached hydrogens (tertiary/aromatic N) is 2. The summed E-state index contributed by atoms with van der Waals surface area (Å²) in [4.78, 5) is 28.7. The van der Waals surface area contributed by atoms with Crippen LogP contribution in [0.3, 0.4) is 0 Å². The summed E-state index contributed by atoms with van der Waals surface area (Å²) in [7, 11) is 1.69. The molecule has 0 bridgehead atoms. The Balaban J connectivity index is 1.37. The number of aliphatic hydroxyl groups excluding tert-OH is 1. The minimum atomic E-state index is -0.184. The maximum Gasteiger partial charge on any atom is 0.240 e. The van der Waals surface area contributed by atoms with Gasteiger partial charge < -0.3 is 25.0 Å². The molecule has 2 N–H and O–H groups in total. The van der Waals surface area contributed by atoms with E-state index in [2.05, 4.69) is 18.3 Å². The van der Waals surface area contributed by atoms with E-state index in [9.17, 15) is 14.7 Å². The Kier molecular flexibility index (Phi) is 8.33. The zero-order chi connectivity index (χ0) is 24.8.